The maximum Gasteiger partial charge on any atom is 0.317 e. The van der Waals surface area contributed by atoms with Crippen molar-refractivity contribution in [3.05, 3.63) is 0 Å². The molecule has 2 fully saturated rings. The Kier molecular flexibility index (Phi) is 3.84. The molecule has 114 valence electrons. The van der Waals surface area contributed by atoms with Gasteiger partial charge < -0.3 is 10.0 Å². The van der Waals surface area contributed by atoms with Crippen molar-refractivity contribution >= 4 is 11.9 Å². The molecule has 0 atom stereocenters. The van der Waals surface area contributed by atoms with Gasteiger partial charge in [0.1, 0.15) is 0 Å². The molecule has 0 aromatic rings. The number of nitrogens with zero attached hydrogens (tertiary/aromatic N) is 2. The van der Waals surface area contributed by atoms with Crippen LogP contribution in [0.1, 0.15) is 34.1 Å². The number of carboxylic acid groups (broad SMARTS) is 1. The molecular weight excluding hydrogens is 256 g/mol. The number of amides is 1. The summed E-state index contributed by atoms with van der Waals surface area (Å²) in [4.78, 5) is 27.3. The summed E-state index contributed by atoms with van der Waals surface area (Å²) in [6.45, 7) is 11.5. The molecule has 1 saturated carbocycles. The molecule has 20 heavy (non-hydrogen) atoms. The maximum atomic E-state index is 12.7. The Labute approximate surface area is 120 Å². The van der Waals surface area contributed by atoms with E-state index in [1.165, 1.54) is 0 Å². The highest BCUT2D eigenvalue weighted by molar-refractivity contribution is 5.84. The zero-order valence-electron chi connectivity index (χ0n) is 13.0. The molecule has 1 amide bonds. The van der Waals surface area contributed by atoms with E-state index in [0.717, 1.165) is 19.5 Å². The van der Waals surface area contributed by atoms with Crippen LogP contribution < -0.4 is 0 Å². The van der Waals surface area contributed by atoms with Crippen LogP contribution in [-0.4, -0.2) is 59.5 Å². The zero-order chi connectivity index (χ0) is 15.1. The molecule has 0 unspecified atom stereocenters. The summed E-state index contributed by atoms with van der Waals surface area (Å²) >= 11 is 0. The van der Waals surface area contributed by atoms with Crippen LogP contribution in [0.2, 0.25) is 0 Å². The molecule has 0 radical (unpaired) electrons. The van der Waals surface area contributed by atoms with Crippen LogP contribution in [0.15, 0.2) is 0 Å². The first-order valence-electron chi connectivity index (χ1n) is 7.41. The third-order valence-corrected chi connectivity index (χ3v) is 5.53. The molecule has 5 heteroatoms. The van der Waals surface area contributed by atoms with Gasteiger partial charge in [0, 0.05) is 32.1 Å². The van der Waals surface area contributed by atoms with Crippen LogP contribution in [0.3, 0.4) is 0 Å². The van der Waals surface area contributed by atoms with Crippen molar-refractivity contribution in [2.24, 2.45) is 16.7 Å². The number of carbonyl (C=O) groups excluding carboxylic acids is 1. The minimum atomic E-state index is -0.797. The van der Waals surface area contributed by atoms with Crippen molar-refractivity contribution in [3.63, 3.8) is 0 Å². The fourth-order valence-corrected chi connectivity index (χ4v) is 3.54. The summed E-state index contributed by atoms with van der Waals surface area (Å²) in [5.41, 5.74) is 0.133. The normalized spacial score (nSPS) is 26.1. The standard InChI is InChI=1S/C15H26N2O3/c1-14(2)12(15(14,3)4)13(20)17-7-5-6-16(8-9-17)10-11(18)19/h12H,5-10H2,1-4H3,(H,18,19). The van der Waals surface area contributed by atoms with Crippen LogP contribution in [-0.2, 0) is 9.59 Å². The molecule has 1 aliphatic heterocycles. The van der Waals surface area contributed by atoms with E-state index in [0.29, 0.717) is 13.1 Å². The summed E-state index contributed by atoms with van der Waals surface area (Å²) in [6, 6.07) is 0. The Hall–Kier alpha value is -1.10. The number of hydrogen-bond acceptors (Lipinski definition) is 3. The predicted octanol–water partition coefficient (Wildman–Crippen LogP) is 1.29. The van der Waals surface area contributed by atoms with Gasteiger partial charge in [-0.1, -0.05) is 27.7 Å². The van der Waals surface area contributed by atoms with Gasteiger partial charge >= 0.3 is 5.97 Å². The molecule has 1 N–H and O–H groups in total. The first-order chi connectivity index (χ1) is 9.18. The highest BCUT2D eigenvalue weighted by Gasteiger charge is 2.68. The van der Waals surface area contributed by atoms with Crippen LogP contribution >= 0.6 is 0 Å². The van der Waals surface area contributed by atoms with Gasteiger partial charge in [-0.3, -0.25) is 14.5 Å². The van der Waals surface area contributed by atoms with Crippen molar-refractivity contribution in [1.82, 2.24) is 9.80 Å². The van der Waals surface area contributed by atoms with E-state index in [-0.39, 0.29) is 29.2 Å². The third-order valence-electron chi connectivity index (χ3n) is 5.53. The minimum absolute atomic E-state index is 0.0666. The SMILES string of the molecule is CC1(C)C(C(=O)N2CCCN(CC(=O)O)CC2)C1(C)C. The lowest BCUT2D eigenvalue weighted by Crippen LogP contribution is -2.38. The largest absolute Gasteiger partial charge is 0.480 e. The topological polar surface area (TPSA) is 60.9 Å². The zero-order valence-corrected chi connectivity index (χ0v) is 13.0. The maximum absolute atomic E-state index is 12.7. The first-order valence-corrected chi connectivity index (χ1v) is 7.41. The molecule has 0 aromatic heterocycles. The Bertz CT molecular complexity index is 403. The lowest BCUT2D eigenvalue weighted by atomic mass is 10.0. The minimum Gasteiger partial charge on any atom is -0.480 e. The average Bonchev–Trinajstić information content (AvgIpc) is 2.83. The Morgan fingerprint density at radius 2 is 1.65 bits per heavy atom. The second-order valence-corrected chi connectivity index (χ2v) is 7.23. The summed E-state index contributed by atoms with van der Waals surface area (Å²) in [5.74, 6) is -0.451. The summed E-state index contributed by atoms with van der Waals surface area (Å²) in [5, 5.41) is 8.85. The smallest absolute Gasteiger partial charge is 0.317 e. The molecule has 5 nitrogen and oxygen atoms in total. The number of rotatable bonds is 3. The number of hydrogen-bond donors (Lipinski definition) is 1. The van der Waals surface area contributed by atoms with Crippen LogP contribution in [0.5, 0.6) is 0 Å². The quantitative estimate of drug-likeness (QED) is 0.847. The second kappa shape index (κ2) is 5.02. The fourth-order valence-electron chi connectivity index (χ4n) is 3.54. The molecule has 1 saturated heterocycles. The van der Waals surface area contributed by atoms with E-state index in [9.17, 15) is 9.59 Å². The molecule has 2 rings (SSSR count). The van der Waals surface area contributed by atoms with Gasteiger partial charge in [0.2, 0.25) is 5.91 Å². The molecule has 0 bridgehead atoms. The number of carboxylic acids is 1. The Morgan fingerprint density at radius 1 is 1.05 bits per heavy atom. The fraction of sp³-hybridized carbons (Fsp3) is 0.867. The van der Waals surface area contributed by atoms with Crippen molar-refractivity contribution < 1.29 is 14.7 Å². The second-order valence-electron chi connectivity index (χ2n) is 7.23. The average molecular weight is 282 g/mol. The van der Waals surface area contributed by atoms with Gasteiger partial charge in [-0.2, -0.15) is 0 Å². The Morgan fingerprint density at radius 3 is 2.15 bits per heavy atom. The molecule has 1 heterocycles. The van der Waals surface area contributed by atoms with E-state index >= 15 is 0 Å². The summed E-state index contributed by atoms with van der Waals surface area (Å²) < 4.78 is 0. The molecule has 0 aromatic carbocycles. The molecule has 0 spiro atoms. The highest BCUT2D eigenvalue weighted by Crippen LogP contribution is 2.68. The summed E-state index contributed by atoms with van der Waals surface area (Å²) in [7, 11) is 0. The van der Waals surface area contributed by atoms with Crippen LogP contribution in [0, 0.1) is 16.7 Å². The van der Waals surface area contributed by atoms with Gasteiger partial charge in [-0.15, -0.1) is 0 Å². The van der Waals surface area contributed by atoms with Gasteiger partial charge in [0.25, 0.3) is 0 Å². The summed E-state index contributed by atoms with van der Waals surface area (Å²) in [6.07, 6.45) is 0.854. The molecule has 1 aliphatic carbocycles. The van der Waals surface area contributed by atoms with E-state index in [4.69, 9.17) is 5.11 Å². The van der Waals surface area contributed by atoms with Gasteiger partial charge in [-0.05, 0) is 17.3 Å². The van der Waals surface area contributed by atoms with Crippen LogP contribution in [0.25, 0.3) is 0 Å². The lowest BCUT2D eigenvalue weighted by molar-refractivity contribution is -0.138. The van der Waals surface area contributed by atoms with E-state index in [2.05, 4.69) is 27.7 Å². The van der Waals surface area contributed by atoms with Gasteiger partial charge in [0.05, 0.1) is 6.54 Å². The van der Waals surface area contributed by atoms with E-state index < -0.39 is 5.97 Å². The van der Waals surface area contributed by atoms with E-state index in [1.807, 2.05) is 9.80 Å². The number of carbonyl (C=O) groups is 2. The monoisotopic (exact) mass is 282 g/mol. The highest BCUT2D eigenvalue weighted by atomic mass is 16.4. The lowest BCUT2D eigenvalue weighted by Gasteiger charge is -2.22. The van der Waals surface area contributed by atoms with Gasteiger partial charge in [-0.25, -0.2) is 0 Å². The predicted molar refractivity (Wildman–Crippen MR) is 76.3 cm³/mol. The van der Waals surface area contributed by atoms with E-state index in [1.54, 1.807) is 0 Å². The van der Waals surface area contributed by atoms with Crippen molar-refractivity contribution in [3.8, 4) is 0 Å². The van der Waals surface area contributed by atoms with Crippen molar-refractivity contribution in [2.75, 3.05) is 32.7 Å². The van der Waals surface area contributed by atoms with Crippen molar-refractivity contribution in [1.29, 1.82) is 0 Å². The number of aliphatic carboxylic acids is 1. The van der Waals surface area contributed by atoms with Gasteiger partial charge in [0.15, 0.2) is 0 Å². The first kappa shape index (κ1) is 15.3. The molecular formula is C15H26N2O3. The Balaban J connectivity index is 1.95. The van der Waals surface area contributed by atoms with Crippen molar-refractivity contribution in [2.45, 2.75) is 34.1 Å². The van der Waals surface area contributed by atoms with Crippen LogP contribution in [0.4, 0.5) is 0 Å². The molecule has 2 aliphatic rings. The third kappa shape index (κ3) is 2.55.